The minimum atomic E-state index is -0.400. The van der Waals surface area contributed by atoms with E-state index < -0.39 is 5.82 Å². The first-order chi connectivity index (χ1) is 8.15. The van der Waals surface area contributed by atoms with E-state index in [1.807, 2.05) is 0 Å². The summed E-state index contributed by atoms with van der Waals surface area (Å²) in [5.41, 5.74) is 0.679. The SMILES string of the molecule is Fc1ccc(OCc2cccc(Cl)n2)c(Cl)c1. The van der Waals surface area contributed by atoms with Crippen molar-refractivity contribution < 1.29 is 9.13 Å². The summed E-state index contributed by atoms with van der Waals surface area (Å²) in [7, 11) is 0. The Kier molecular flexibility index (Phi) is 3.82. The summed E-state index contributed by atoms with van der Waals surface area (Å²) in [6, 6.07) is 9.19. The molecule has 88 valence electrons. The van der Waals surface area contributed by atoms with Crippen LogP contribution in [0.15, 0.2) is 36.4 Å². The topological polar surface area (TPSA) is 22.1 Å². The molecule has 1 heterocycles. The number of nitrogens with zero attached hydrogens (tertiary/aromatic N) is 1. The van der Waals surface area contributed by atoms with Crippen LogP contribution in [0.3, 0.4) is 0 Å². The van der Waals surface area contributed by atoms with E-state index in [0.717, 1.165) is 0 Å². The minimum Gasteiger partial charge on any atom is -0.486 e. The van der Waals surface area contributed by atoms with E-state index in [1.54, 1.807) is 18.2 Å². The van der Waals surface area contributed by atoms with Gasteiger partial charge in [0.2, 0.25) is 0 Å². The van der Waals surface area contributed by atoms with Gasteiger partial charge in [0.1, 0.15) is 23.3 Å². The molecule has 0 N–H and O–H groups in total. The van der Waals surface area contributed by atoms with Crippen LogP contribution in [-0.4, -0.2) is 4.98 Å². The molecule has 5 heteroatoms. The number of aromatic nitrogens is 1. The molecule has 0 bridgehead atoms. The molecule has 2 nitrogen and oxygen atoms in total. The van der Waals surface area contributed by atoms with Gasteiger partial charge in [-0.15, -0.1) is 0 Å². The fraction of sp³-hybridized carbons (Fsp3) is 0.0833. The maximum atomic E-state index is 12.8. The average Bonchev–Trinajstić information content (AvgIpc) is 2.28. The van der Waals surface area contributed by atoms with E-state index in [4.69, 9.17) is 27.9 Å². The van der Waals surface area contributed by atoms with Gasteiger partial charge in [0.05, 0.1) is 10.7 Å². The zero-order chi connectivity index (χ0) is 12.3. The third kappa shape index (κ3) is 3.32. The summed E-state index contributed by atoms with van der Waals surface area (Å²) in [5, 5.41) is 0.628. The van der Waals surface area contributed by atoms with Gasteiger partial charge in [-0.3, -0.25) is 0 Å². The number of rotatable bonds is 3. The third-order valence-electron chi connectivity index (χ3n) is 2.04. The van der Waals surface area contributed by atoms with Crippen molar-refractivity contribution in [1.29, 1.82) is 0 Å². The first-order valence-corrected chi connectivity index (χ1v) is 5.60. The maximum absolute atomic E-state index is 12.8. The van der Waals surface area contributed by atoms with Crippen LogP contribution in [0.25, 0.3) is 0 Å². The van der Waals surface area contributed by atoms with E-state index >= 15 is 0 Å². The predicted molar refractivity (Wildman–Crippen MR) is 65.0 cm³/mol. The molecule has 1 aromatic heterocycles. The molecule has 0 aliphatic carbocycles. The quantitative estimate of drug-likeness (QED) is 0.784. The minimum absolute atomic E-state index is 0.228. The molecular formula is C12H8Cl2FNO. The molecule has 2 aromatic rings. The lowest BCUT2D eigenvalue weighted by atomic mass is 10.3. The number of hydrogen-bond donors (Lipinski definition) is 0. The van der Waals surface area contributed by atoms with E-state index in [0.29, 0.717) is 16.6 Å². The summed E-state index contributed by atoms with van der Waals surface area (Å²) in [6.07, 6.45) is 0. The first-order valence-electron chi connectivity index (χ1n) is 4.84. The van der Waals surface area contributed by atoms with Gasteiger partial charge < -0.3 is 4.74 Å². The number of ether oxygens (including phenoxy) is 1. The van der Waals surface area contributed by atoms with Crippen molar-refractivity contribution in [2.75, 3.05) is 0 Å². The molecule has 0 unspecified atom stereocenters. The van der Waals surface area contributed by atoms with Crippen LogP contribution >= 0.6 is 23.2 Å². The zero-order valence-electron chi connectivity index (χ0n) is 8.66. The van der Waals surface area contributed by atoms with Crippen LogP contribution in [0.1, 0.15) is 5.69 Å². The van der Waals surface area contributed by atoms with Gasteiger partial charge >= 0.3 is 0 Å². The van der Waals surface area contributed by atoms with Crippen LogP contribution in [0.5, 0.6) is 5.75 Å². The molecule has 0 radical (unpaired) electrons. The highest BCUT2D eigenvalue weighted by atomic mass is 35.5. The fourth-order valence-corrected chi connectivity index (χ4v) is 1.68. The van der Waals surface area contributed by atoms with Crippen LogP contribution in [-0.2, 0) is 6.61 Å². The highest BCUT2D eigenvalue weighted by molar-refractivity contribution is 6.32. The first kappa shape index (κ1) is 12.1. The van der Waals surface area contributed by atoms with Crippen molar-refractivity contribution >= 4 is 23.2 Å². The Hall–Kier alpha value is -1.32. The summed E-state index contributed by atoms with van der Waals surface area (Å²) >= 11 is 11.6. The van der Waals surface area contributed by atoms with Crippen molar-refractivity contribution in [2.45, 2.75) is 6.61 Å². The Morgan fingerprint density at radius 1 is 1.18 bits per heavy atom. The second-order valence-corrected chi connectivity index (χ2v) is 4.11. The molecule has 0 spiro atoms. The average molecular weight is 272 g/mol. The molecule has 0 fully saturated rings. The maximum Gasteiger partial charge on any atom is 0.138 e. The van der Waals surface area contributed by atoms with Crippen LogP contribution in [0.4, 0.5) is 4.39 Å². The monoisotopic (exact) mass is 271 g/mol. The standard InChI is InChI=1S/C12H8Cl2FNO/c13-10-6-8(15)4-5-11(10)17-7-9-2-1-3-12(14)16-9/h1-6H,7H2. The summed E-state index contributed by atoms with van der Waals surface area (Å²) in [6.45, 7) is 0.228. The van der Waals surface area contributed by atoms with Gasteiger partial charge in [-0.1, -0.05) is 29.3 Å². The van der Waals surface area contributed by atoms with Crippen molar-refractivity contribution in [1.82, 2.24) is 4.98 Å². The molecule has 0 saturated carbocycles. The van der Waals surface area contributed by atoms with E-state index in [-0.39, 0.29) is 11.6 Å². The van der Waals surface area contributed by atoms with Gasteiger partial charge in [-0.05, 0) is 30.3 Å². The molecule has 0 atom stereocenters. The van der Waals surface area contributed by atoms with Crippen molar-refractivity contribution in [2.24, 2.45) is 0 Å². The number of benzene rings is 1. The second-order valence-electron chi connectivity index (χ2n) is 3.32. The lowest BCUT2D eigenvalue weighted by Gasteiger charge is -2.07. The third-order valence-corrected chi connectivity index (χ3v) is 2.55. The van der Waals surface area contributed by atoms with Gasteiger partial charge in [-0.25, -0.2) is 9.37 Å². The smallest absolute Gasteiger partial charge is 0.138 e. The lowest BCUT2D eigenvalue weighted by Crippen LogP contribution is -1.98. The van der Waals surface area contributed by atoms with E-state index in [9.17, 15) is 4.39 Å². The number of hydrogen-bond acceptors (Lipinski definition) is 2. The van der Waals surface area contributed by atoms with Gasteiger partial charge in [-0.2, -0.15) is 0 Å². The van der Waals surface area contributed by atoms with Crippen molar-refractivity contribution in [3.8, 4) is 5.75 Å². The van der Waals surface area contributed by atoms with E-state index in [2.05, 4.69) is 4.98 Å². The van der Waals surface area contributed by atoms with E-state index in [1.165, 1.54) is 18.2 Å². The second kappa shape index (κ2) is 5.34. The molecule has 1 aromatic carbocycles. The van der Waals surface area contributed by atoms with Gasteiger partial charge in [0.15, 0.2) is 0 Å². The summed E-state index contributed by atoms with van der Waals surface area (Å²) < 4.78 is 18.2. The Bertz CT molecular complexity index is 534. The number of halogens is 3. The number of pyridine rings is 1. The highest BCUT2D eigenvalue weighted by Gasteiger charge is 2.04. The molecule has 2 rings (SSSR count). The molecule has 0 aliphatic heterocycles. The Labute approximate surface area is 108 Å². The summed E-state index contributed by atoms with van der Waals surface area (Å²) in [4.78, 5) is 4.06. The summed E-state index contributed by atoms with van der Waals surface area (Å²) in [5.74, 6) is 0.0121. The predicted octanol–water partition coefficient (Wildman–Crippen LogP) is 4.11. The van der Waals surface area contributed by atoms with Crippen LogP contribution in [0, 0.1) is 5.82 Å². The molecule has 0 saturated heterocycles. The van der Waals surface area contributed by atoms with Gasteiger partial charge in [0, 0.05) is 0 Å². The largest absolute Gasteiger partial charge is 0.486 e. The molecule has 0 aliphatic rings. The van der Waals surface area contributed by atoms with Crippen molar-refractivity contribution in [3.05, 3.63) is 58.1 Å². The highest BCUT2D eigenvalue weighted by Crippen LogP contribution is 2.25. The molecular weight excluding hydrogens is 264 g/mol. The molecule has 0 amide bonds. The fourth-order valence-electron chi connectivity index (χ4n) is 1.27. The lowest BCUT2D eigenvalue weighted by molar-refractivity contribution is 0.301. The Balaban J connectivity index is 2.07. The Morgan fingerprint density at radius 3 is 2.71 bits per heavy atom. The Morgan fingerprint density at radius 2 is 2.00 bits per heavy atom. The molecule has 17 heavy (non-hydrogen) atoms. The van der Waals surface area contributed by atoms with Crippen LogP contribution < -0.4 is 4.74 Å². The van der Waals surface area contributed by atoms with Crippen molar-refractivity contribution in [3.63, 3.8) is 0 Å². The normalized spacial score (nSPS) is 10.3. The van der Waals surface area contributed by atoms with Gasteiger partial charge in [0.25, 0.3) is 0 Å². The zero-order valence-corrected chi connectivity index (χ0v) is 10.2. The van der Waals surface area contributed by atoms with Crippen LogP contribution in [0.2, 0.25) is 10.2 Å².